The summed E-state index contributed by atoms with van der Waals surface area (Å²) in [5, 5.41) is 15.6. The summed E-state index contributed by atoms with van der Waals surface area (Å²) in [6.45, 7) is 0. The van der Waals surface area contributed by atoms with Gasteiger partial charge in [0.05, 0.1) is 11.0 Å². The number of carbonyl (C=O) groups is 1. The quantitative estimate of drug-likeness (QED) is 0.540. The molecule has 0 saturated heterocycles. The first-order valence-corrected chi connectivity index (χ1v) is 8.31. The predicted octanol–water partition coefficient (Wildman–Crippen LogP) is 2.12. The zero-order chi connectivity index (χ0) is 16.4. The van der Waals surface area contributed by atoms with Crippen molar-refractivity contribution in [1.82, 2.24) is 29.8 Å². The zero-order valence-corrected chi connectivity index (χ0v) is 13.3. The fraction of sp³-hybridized carbons (Fsp3) is 0.133. The molecule has 24 heavy (non-hydrogen) atoms. The summed E-state index contributed by atoms with van der Waals surface area (Å²) in [6, 6.07) is 11.3. The van der Waals surface area contributed by atoms with Gasteiger partial charge in [0.15, 0.2) is 5.65 Å². The van der Waals surface area contributed by atoms with E-state index >= 15 is 0 Å². The minimum absolute atomic E-state index is 0.0908. The molecule has 3 aromatic heterocycles. The highest BCUT2D eigenvalue weighted by Gasteiger charge is 2.08. The Morgan fingerprint density at radius 3 is 3.08 bits per heavy atom. The predicted molar refractivity (Wildman–Crippen MR) is 90.8 cm³/mol. The third kappa shape index (κ3) is 3.06. The number of fused-ring (bicyclic) bond motifs is 2. The largest absolute Gasteiger partial charge is 0.324 e. The lowest BCUT2D eigenvalue weighted by Crippen LogP contribution is -2.13. The van der Waals surface area contributed by atoms with E-state index < -0.39 is 0 Å². The van der Waals surface area contributed by atoms with Crippen LogP contribution in [0.3, 0.4) is 0 Å². The molecule has 0 aliphatic heterocycles. The van der Waals surface area contributed by atoms with Crippen molar-refractivity contribution < 1.29 is 4.79 Å². The fourth-order valence-corrected chi connectivity index (χ4v) is 3.05. The second-order valence-corrected chi connectivity index (χ2v) is 6.17. The van der Waals surface area contributed by atoms with Crippen LogP contribution >= 0.6 is 11.8 Å². The van der Waals surface area contributed by atoms with Crippen molar-refractivity contribution in [2.24, 2.45) is 0 Å². The van der Waals surface area contributed by atoms with E-state index in [2.05, 4.69) is 30.6 Å². The minimum atomic E-state index is -0.0908. The molecule has 3 heterocycles. The number of rotatable bonds is 5. The highest BCUT2D eigenvalue weighted by Crippen LogP contribution is 2.17. The maximum absolute atomic E-state index is 12.0. The van der Waals surface area contributed by atoms with Gasteiger partial charge in [-0.3, -0.25) is 10.1 Å². The SMILES string of the molecule is O=C(CCSc1ccc2nncn2n1)Nc1nc2ccccc2[nH]1. The van der Waals surface area contributed by atoms with E-state index in [1.807, 2.05) is 36.4 Å². The minimum Gasteiger partial charge on any atom is -0.324 e. The highest BCUT2D eigenvalue weighted by molar-refractivity contribution is 7.99. The van der Waals surface area contributed by atoms with E-state index in [-0.39, 0.29) is 5.91 Å². The maximum atomic E-state index is 12.0. The van der Waals surface area contributed by atoms with Crippen LogP contribution in [0.1, 0.15) is 6.42 Å². The number of imidazole rings is 1. The number of thioether (sulfide) groups is 1. The number of H-pyrrole nitrogens is 1. The van der Waals surface area contributed by atoms with Crippen LogP contribution in [-0.2, 0) is 4.79 Å². The molecule has 120 valence electrons. The summed E-state index contributed by atoms with van der Waals surface area (Å²) in [4.78, 5) is 19.4. The number of hydrogen-bond donors (Lipinski definition) is 2. The van der Waals surface area contributed by atoms with Gasteiger partial charge in [-0.1, -0.05) is 12.1 Å². The molecular formula is C15H13N7OS. The average molecular weight is 339 g/mol. The number of para-hydroxylation sites is 2. The van der Waals surface area contributed by atoms with Crippen LogP contribution in [0.5, 0.6) is 0 Å². The van der Waals surface area contributed by atoms with Crippen LogP contribution in [0.25, 0.3) is 16.7 Å². The van der Waals surface area contributed by atoms with Crippen molar-refractivity contribution in [3.8, 4) is 0 Å². The van der Waals surface area contributed by atoms with Crippen LogP contribution in [0.15, 0.2) is 47.8 Å². The second-order valence-electron chi connectivity index (χ2n) is 5.05. The van der Waals surface area contributed by atoms with Gasteiger partial charge in [0, 0.05) is 12.2 Å². The number of amides is 1. The van der Waals surface area contributed by atoms with Gasteiger partial charge < -0.3 is 4.98 Å². The monoisotopic (exact) mass is 339 g/mol. The molecule has 0 aliphatic rings. The number of nitrogens with one attached hydrogen (secondary N) is 2. The van der Waals surface area contributed by atoms with Gasteiger partial charge in [0.2, 0.25) is 11.9 Å². The molecule has 0 bridgehead atoms. The number of aromatic nitrogens is 6. The lowest BCUT2D eigenvalue weighted by atomic mass is 10.3. The van der Waals surface area contributed by atoms with E-state index in [0.29, 0.717) is 23.8 Å². The molecule has 0 spiro atoms. The Morgan fingerprint density at radius 2 is 2.17 bits per heavy atom. The standard InChI is InChI=1S/C15H13N7OS/c23-13(19-15-17-10-3-1-2-4-11(10)18-15)7-8-24-14-6-5-12-20-16-9-22(12)21-14/h1-6,9H,7-8H2,(H2,17,18,19,23). The van der Waals surface area contributed by atoms with Crippen LogP contribution < -0.4 is 5.32 Å². The van der Waals surface area contributed by atoms with E-state index in [1.54, 1.807) is 10.8 Å². The Balaban J connectivity index is 1.32. The molecule has 0 saturated carbocycles. The summed E-state index contributed by atoms with van der Waals surface area (Å²) in [7, 11) is 0. The molecule has 0 fully saturated rings. The van der Waals surface area contributed by atoms with Gasteiger partial charge >= 0.3 is 0 Å². The Hall–Kier alpha value is -2.94. The van der Waals surface area contributed by atoms with Gasteiger partial charge in [0.1, 0.15) is 11.4 Å². The molecule has 2 N–H and O–H groups in total. The first-order chi connectivity index (χ1) is 11.8. The van der Waals surface area contributed by atoms with Gasteiger partial charge in [-0.15, -0.1) is 22.0 Å². The van der Waals surface area contributed by atoms with Gasteiger partial charge in [-0.05, 0) is 24.3 Å². The summed E-state index contributed by atoms with van der Waals surface area (Å²) in [6.07, 6.45) is 1.91. The number of anilines is 1. The Kier molecular flexibility index (Phi) is 3.83. The topological polar surface area (TPSA) is 101 Å². The molecule has 4 aromatic rings. The number of aromatic amines is 1. The van der Waals surface area contributed by atoms with Crippen molar-refractivity contribution in [3.63, 3.8) is 0 Å². The fourth-order valence-electron chi connectivity index (χ4n) is 2.24. The number of benzene rings is 1. The van der Waals surface area contributed by atoms with Crippen molar-refractivity contribution in [2.45, 2.75) is 11.4 Å². The molecule has 9 heteroatoms. The molecule has 0 unspecified atom stereocenters. The number of nitrogens with zero attached hydrogens (tertiary/aromatic N) is 5. The zero-order valence-electron chi connectivity index (χ0n) is 12.5. The molecule has 0 radical (unpaired) electrons. The van der Waals surface area contributed by atoms with E-state index in [0.717, 1.165) is 16.1 Å². The summed E-state index contributed by atoms with van der Waals surface area (Å²) < 4.78 is 1.61. The lowest BCUT2D eigenvalue weighted by molar-refractivity contribution is -0.115. The molecular weight excluding hydrogens is 326 g/mol. The first-order valence-electron chi connectivity index (χ1n) is 7.32. The van der Waals surface area contributed by atoms with Gasteiger partial charge in [-0.25, -0.2) is 4.98 Å². The number of carbonyl (C=O) groups excluding carboxylic acids is 1. The summed E-state index contributed by atoms with van der Waals surface area (Å²) >= 11 is 1.50. The Labute approximate surface area is 140 Å². The van der Waals surface area contributed by atoms with Crippen LogP contribution in [0.4, 0.5) is 5.95 Å². The second kappa shape index (κ2) is 6.28. The molecule has 0 atom stereocenters. The number of hydrogen-bond acceptors (Lipinski definition) is 6. The van der Waals surface area contributed by atoms with Crippen LogP contribution in [0, 0.1) is 0 Å². The molecule has 4 rings (SSSR count). The van der Waals surface area contributed by atoms with Gasteiger partial charge in [0.25, 0.3) is 0 Å². The molecule has 0 aliphatic carbocycles. The average Bonchev–Trinajstić information content (AvgIpc) is 3.19. The van der Waals surface area contributed by atoms with E-state index in [1.165, 1.54) is 11.8 Å². The Bertz CT molecular complexity index is 976. The summed E-state index contributed by atoms with van der Waals surface area (Å²) in [5.41, 5.74) is 2.42. The smallest absolute Gasteiger partial charge is 0.227 e. The Morgan fingerprint density at radius 1 is 1.25 bits per heavy atom. The normalized spacial score (nSPS) is 11.2. The van der Waals surface area contributed by atoms with Crippen molar-refractivity contribution in [2.75, 3.05) is 11.1 Å². The maximum Gasteiger partial charge on any atom is 0.227 e. The highest BCUT2D eigenvalue weighted by atomic mass is 32.2. The lowest BCUT2D eigenvalue weighted by Gasteiger charge is -2.02. The summed E-state index contributed by atoms with van der Waals surface area (Å²) in [5.74, 6) is 0.995. The third-order valence-corrected chi connectivity index (χ3v) is 4.29. The first kappa shape index (κ1) is 14.6. The van der Waals surface area contributed by atoms with Crippen molar-refractivity contribution in [3.05, 3.63) is 42.7 Å². The van der Waals surface area contributed by atoms with Crippen molar-refractivity contribution in [1.29, 1.82) is 0 Å². The third-order valence-electron chi connectivity index (χ3n) is 3.36. The van der Waals surface area contributed by atoms with Crippen LogP contribution in [0.2, 0.25) is 0 Å². The van der Waals surface area contributed by atoms with Gasteiger partial charge in [-0.2, -0.15) is 9.61 Å². The van der Waals surface area contributed by atoms with Crippen LogP contribution in [-0.4, -0.2) is 41.4 Å². The molecule has 8 nitrogen and oxygen atoms in total. The van der Waals surface area contributed by atoms with E-state index in [9.17, 15) is 4.79 Å². The molecule has 1 amide bonds. The molecule has 1 aromatic carbocycles. The van der Waals surface area contributed by atoms with Crippen molar-refractivity contribution >= 4 is 40.3 Å². The van der Waals surface area contributed by atoms with E-state index in [4.69, 9.17) is 0 Å².